The minimum Gasteiger partial charge on any atom is -0.491 e. The van der Waals surface area contributed by atoms with E-state index in [9.17, 15) is 9.59 Å². The molecule has 2 aliphatic rings. The molecule has 2 amide bonds. The minimum absolute atomic E-state index is 0.0368. The summed E-state index contributed by atoms with van der Waals surface area (Å²) >= 11 is 1.51. The highest BCUT2D eigenvalue weighted by Crippen LogP contribution is 2.31. The van der Waals surface area contributed by atoms with Crippen molar-refractivity contribution in [3.05, 3.63) is 75.7 Å². The number of amides is 2. The Bertz CT molecular complexity index is 1290. The van der Waals surface area contributed by atoms with Crippen molar-refractivity contribution in [3.8, 4) is 5.75 Å². The van der Waals surface area contributed by atoms with Gasteiger partial charge in [0.2, 0.25) is 0 Å². The highest BCUT2D eigenvalue weighted by Gasteiger charge is 2.27. The molecule has 0 unspecified atom stereocenters. The summed E-state index contributed by atoms with van der Waals surface area (Å²) in [6, 6.07) is 15.0. The number of likely N-dealkylation sites (tertiary alicyclic amines) is 1. The summed E-state index contributed by atoms with van der Waals surface area (Å²) in [5, 5.41) is 8.97. The van der Waals surface area contributed by atoms with E-state index in [1.807, 2.05) is 72.7 Å². The first-order valence-electron chi connectivity index (χ1n) is 12.7. The van der Waals surface area contributed by atoms with Gasteiger partial charge in [-0.1, -0.05) is 12.1 Å². The topological polar surface area (TPSA) is 95.9 Å². The van der Waals surface area contributed by atoms with Gasteiger partial charge in [0.1, 0.15) is 17.3 Å². The fraction of sp³-hybridized carbons (Fsp3) is 0.357. The summed E-state index contributed by atoms with van der Waals surface area (Å²) in [5.41, 5.74) is 2.76. The Morgan fingerprint density at radius 3 is 2.62 bits per heavy atom. The number of benzene rings is 2. The van der Waals surface area contributed by atoms with Gasteiger partial charge < -0.3 is 20.3 Å². The molecule has 37 heavy (non-hydrogen) atoms. The number of carbonyl (C=O) groups excluding carboxylic acids is 2. The Labute approximate surface area is 220 Å². The monoisotopic (exact) mass is 517 g/mol. The number of aliphatic imine (C=N–C) groups is 1. The van der Waals surface area contributed by atoms with Crippen LogP contribution in [0.1, 0.15) is 64.0 Å². The Balaban J connectivity index is 1.15. The number of ether oxygens (including phenoxy) is 1. The van der Waals surface area contributed by atoms with Crippen LogP contribution in [-0.2, 0) is 0 Å². The van der Waals surface area contributed by atoms with E-state index in [2.05, 4.69) is 20.6 Å². The number of amidine groups is 1. The van der Waals surface area contributed by atoms with Gasteiger partial charge in [-0.25, -0.2) is 4.98 Å². The third-order valence-corrected chi connectivity index (χ3v) is 7.43. The summed E-state index contributed by atoms with van der Waals surface area (Å²) in [6.45, 7) is 6.89. The number of anilines is 1. The molecule has 0 bridgehead atoms. The van der Waals surface area contributed by atoms with Crippen molar-refractivity contribution in [1.82, 2.24) is 15.2 Å². The molecule has 0 atom stereocenters. The first-order chi connectivity index (χ1) is 18.0. The van der Waals surface area contributed by atoms with Crippen molar-refractivity contribution in [2.75, 3.05) is 31.5 Å². The molecule has 1 aromatic heterocycles. The number of carbonyl (C=O) groups is 2. The first kappa shape index (κ1) is 25.0. The van der Waals surface area contributed by atoms with E-state index in [0.29, 0.717) is 30.0 Å². The number of thiazole rings is 1. The van der Waals surface area contributed by atoms with Gasteiger partial charge in [-0.15, -0.1) is 11.3 Å². The zero-order valence-corrected chi connectivity index (χ0v) is 21.9. The summed E-state index contributed by atoms with van der Waals surface area (Å²) < 4.78 is 5.67. The Morgan fingerprint density at radius 2 is 1.92 bits per heavy atom. The number of nitrogens with zero attached hydrogens (tertiary/aromatic N) is 3. The largest absolute Gasteiger partial charge is 0.491 e. The molecule has 3 heterocycles. The van der Waals surface area contributed by atoms with Gasteiger partial charge in [0.05, 0.1) is 17.7 Å². The summed E-state index contributed by atoms with van der Waals surface area (Å²) in [6.07, 6.45) is 1.75. The van der Waals surface area contributed by atoms with Gasteiger partial charge >= 0.3 is 0 Å². The van der Waals surface area contributed by atoms with Gasteiger partial charge in [-0.05, 0) is 63.1 Å². The van der Waals surface area contributed by atoms with Crippen molar-refractivity contribution < 1.29 is 14.3 Å². The van der Waals surface area contributed by atoms with E-state index in [1.165, 1.54) is 11.3 Å². The predicted octanol–water partition coefficient (Wildman–Crippen LogP) is 4.55. The molecule has 1 fully saturated rings. The highest BCUT2D eigenvalue weighted by atomic mass is 32.1. The lowest BCUT2D eigenvalue weighted by atomic mass is 9.97. The van der Waals surface area contributed by atoms with Crippen molar-refractivity contribution >= 4 is 34.7 Å². The molecule has 1 saturated heterocycles. The molecule has 0 spiro atoms. The van der Waals surface area contributed by atoms with Crippen molar-refractivity contribution in [1.29, 1.82) is 0 Å². The predicted molar refractivity (Wildman–Crippen MR) is 146 cm³/mol. The standard InChI is InChI=1S/C28H31N5O3S/c1-18(2)36-23-8-6-20(7-9-23)28(35)33-14-10-19(11-15-33)27-32-24(17-37-27)26(34)31-22-5-3-4-21(16-22)25-29-12-13-30-25/h3-9,16-19H,10-15H2,1-2H3,(H,29,30)(H,31,34). The van der Waals surface area contributed by atoms with Crippen LogP contribution in [0.15, 0.2) is 58.9 Å². The number of hydrogen-bond acceptors (Lipinski definition) is 7. The highest BCUT2D eigenvalue weighted by molar-refractivity contribution is 7.10. The number of hydrogen-bond donors (Lipinski definition) is 2. The van der Waals surface area contributed by atoms with E-state index >= 15 is 0 Å². The van der Waals surface area contributed by atoms with E-state index in [0.717, 1.165) is 48.1 Å². The van der Waals surface area contributed by atoms with E-state index < -0.39 is 0 Å². The van der Waals surface area contributed by atoms with Crippen LogP contribution in [0.5, 0.6) is 5.75 Å². The lowest BCUT2D eigenvalue weighted by molar-refractivity contribution is 0.0713. The molecule has 3 aromatic rings. The molecule has 9 heteroatoms. The number of piperidine rings is 1. The number of nitrogens with one attached hydrogen (secondary N) is 2. The van der Waals surface area contributed by atoms with Crippen LogP contribution < -0.4 is 15.4 Å². The van der Waals surface area contributed by atoms with Gasteiger partial charge in [-0.3, -0.25) is 14.6 Å². The second-order valence-corrected chi connectivity index (χ2v) is 10.4. The van der Waals surface area contributed by atoms with Gasteiger partial charge in [-0.2, -0.15) is 0 Å². The smallest absolute Gasteiger partial charge is 0.275 e. The molecule has 2 aromatic carbocycles. The molecular weight excluding hydrogens is 486 g/mol. The average Bonchev–Trinajstić information content (AvgIpc) is 3.62. The molecule has 0 radical (unpaired) electrons. The normalized spacial score (nSPS) is 15.9. The zero-order chi connectivity index (χ0) is 25.8. The van der Waals surface area contributed by atoms with Gasteiger partial charge in [0, 0.05) is 47.7 Å². The maximum atomic E-state index is 13.0. The lowest BCUT2D eigenvalue weighted by Crippen LogP contribution is -2.37. The van der Waals surface area contributed by atoms with Crippen LogP contribution in [0.3, 0.4) is 0 Å². The van der Waals surface area contributed by atoms with Crippen LogP contribution in [0.2, 0.25) is 0 Å². The number of rotatable bonds is 7. The average molecular weight is 518 g/mol. The molecule has 0 saturated carbocycles. The van der Waals surface area contributed by atoms with Gasteiger partial charge in [0.25, 0.3) is 11.8 Å². The second-order valence-electron chi connectivity index (χ2n) is 9.52. The SMILES string of the molecule is CC(C)Oc1ccc(C(=O)N2CCC(c3nc(C(=O)Nc4cccc(C5=NCCN5)c4)cs3)CC2)cc1. The van der Waals surface area contributed by atoms with Crippen LogP contribution in [0.4, 0.5) is 5.69 Å². The van der Waals surface area contributed by atoms with Crippen LogP contribution >= 0.6 is 11.3 Å². The maximum Gasteiger partial charge on any atom is 0.275 e. The summed E-state index contributed by atoms with van der Waals surface area (Å²) in [4.78, 5) is 36.8. The molecular formula is C28H31N5O3S. The molecule has 5 rings (SSSR count). The minimum atomic E-state index is -0.224. The van der Waals surface area contributed by atoms with Crippen LogP contribution in [-0.4, -0.2) is 59.8 Å². The van der Waals surface area contributed by atoms with E-state index in [-0.39, 0.29) is 23.8 Å². The Morgan fingerprint density at radius 1 is 1.14 bits per heavy atom. The molecule has 192 valence electrons. The van der Waals surface area contributed by atoms with Crippen molar-refractivity contribution in [2.45, 2.75) is 38.7 Å². The fourth-order valence-electron chi connectivity index (χ4n) is 4.57. The second kappa shape index (κ2) is 11.1. The molecule has 0 aliphatic carbocycles. The van der Waals surface area contributed by atoms with Crippen molar-refractivity contribution in [3.63, 3.8) is 0 Å². The Kier molecular flexibility index (Phi) is 7.50. The molecule has 2 aliphatic heterocycles. The van der Waals surface area contributed by atoms with Crippen LogP contribution in [0, 0.1) is 0 Å². The first-order valence-corrected chi connectivity index (χ1v) is 13.6. The molecule has 8 nitrogen and oxygen atoms in total. The zero-order valence-electron chi connectivity index (χ0n) is 21.1. The number of aromatic nitrogens is 1. The summed E-state index contributed by atoms with van der Waals surface area (Å²) in [5.74, 6) is 1.68. The fourth-order valence-corrected chi connectivity index (χ4v) is 5.54. The Hall–Kier alpha value is -3.72. The van der Waals surface area contributed by atoms with Crippen molar-refractivity contribution in [2.24, 2.45) is 4.99 Å². The van der Waals surface area contributed by atoms with E-state index in [4.69, 9.17) is 4.74 Å². The quantitative estimate of drug-likeness (QED) is 0.479. The lowest BCUT2D eigenvalue weighted by Gasteiger charge is -2.31. The van der Waals surface area contributed by atoms with E-state index in [1.54, 1.807) is 0 Å². The maximum absolute atomic E-state index is 13.0. The molecule has 2 N–H and O–H groups in total. The van der Waals surface area contributed by atoms with Crippen LogP contribution in [0.25, 0.3) is 0 Å². The van der Waals surface area contributed by atoms with Gasteiger partial charge in [0.15, 0.2) is 0 Å². The third kappa shape index (κ3) is 5.99. The summed E-state index contributed by atoms with van der Waals surface area (Å²) in [7, 11) is 0. The third-order valence-electron chi connectivity index (χ3n) is 6.43.